The smallest absolute Gasteiger partial charge is 0.133 e. The van der Waals surface area contributed by atoms with Crippen LogP contribution in [0.5, 0.6) is 0 Å². The quantitative estimate of drug-likeness (QED) is 0.942. The van der Waals surface area contributed by atoms with Crippen molar-refractivity contribution < 1.29 is 4.39 Å². The molecule has 5 heteroatoms. The molecular formula is C15H18FN3S. The number of nitrogens with one attached hydrogen (secondary N) is 1. The summed E-state index contributed by atoms with van der Waals surface area (Å²) in [5, 5.41) is 6.18. The van der Waals surface area contributed by atoms with E-state index in [2.05, 4.69) is 22.1 Å². The van der Waals surface area contributed by atoms with Crippen molar-refractivity contribution in [2.45, 2.75) is 19.5 Å². The fourth-order valence-corrected chi connectivity index (χ4v) is 3.30. The summed E-state index contributed by atoms with van der Waals surface area (Å²) >= 11 is 1.51. The molecule has 2 aromatic rings. The second-order valence-electron chi connectivity index (χ2n) is 5.15. The van der Waals surface area contributed by atoms with Gasteiger partial charge >= 0.3 is 0 Å². The maximum absolute atomic E-state index is 13.8. The van der Waals surface area contributed by atoms with Gasteiger partial charge in [0.25, 0.3) is 0 Å². The normalized spacial score (nSPS) is 20.2. The van der Waals surface area contributed by atoms with Crippen LogP contribution in [0.2, 0.25) is 0 Å². The monoisotopic (exact) mass is 291 g/mol. The van der Waals surface area contributed by atoms with Gasteiger partial charge in [-0.05, 0) is 19.1 Å². The van der Waals surface area contributed by atoms with Gasteiger partial charge in [0, 0.05) is 43.2 Å². The summed E-state index contributed by atoms with van der Waals surface area (Å²) in [6.45, 7) is 6.14. The van der Waals surface area contributed by atoms with Crippen LogP contribution in [0.25, 0.3) is 10.6 Å². The highest BCUT2D eigenvalue weighted by atomic mass is 32.1. The Labute approximate surface area is 122 Å². The van der Waals surface area contributed by atoms with Crippen LogP contribution in [-0.4, -0.2) is 35.6 Å². The molecule has 0 radical (unpaired) electrons. The molecule has 1 atom stereocenters. The fraction of sp³-hybridized carbons (Fsp3) is 0.400. The van der Waals surface area contributed by atoms with Crippen LogP contribution in [0.1, 0.15) is 12.6 Å². The molecule has 1 saturated heterocycles. The van der Waals surface area contributed by atoms with Gasteiger partial charge in [-0.2, -0.15) is 0 Å². The lowest BCUT2D eigenvalue weighted by molar-refractivity contribution is 0.164. The molecular weight excluding hydrogens is 273 g/mol. The molecule has 2 heterocycles. The SMILES string of the molecule is C[C@H]1CNCCN1Cc1csc(-c2ccccc2F)n1. The number of nitrogens with zero attached hydrogens (tertiary/aromatic N) is 2. The largest absolute Gasteiger partial charge is 0.314 e. The summed E-state index contributed by atoms with van der Waals surface area (Å²) in [6, 6.07) is 7.33. The van der Waals surface area contributed by atoms with Gasteiger partial charge in [0.15, 0.2) is 0 Å². The summed E-state index contributed by atoms with van der Waals surface area (Å²) in [7, 11) is 0. The zero-order valence-electron chi connectivity index (χ0n) is 11.5. The third-order valence-corrected chi connectivity index (χ3v) is 4.58. The van der Waals surface area contributed by atoms with Crippen LogP contribution in [0, 0.1) is 5.82 Å². The maximum Gasteiger partial charge on any atom is 0.133 e. The van der Waals surface area contributed by atoms with E-state index in [1.807, 2.05) is 11.4 Å². The Balaban J connectivity index is 1.75. The molecule has 0 saturated carbocycles. The van der Waals surface area contributed by atoms with Gasteiger partial charge in [-0.3, -0.25) is 4.90 Å². The summed E-state index contributed by atoms with van der Waals surface area (Å²) in [6.07, 6.45) is 0. The first kappa shape index (κ1) is 13.7. The lowest BCUT2D eigenvalue weighted by atomic mass is 10.2. The van der Waals surface area contributed by atoms with Crippen LogP contribution < -0.4 is 5.32 Å². The highest BCUT2D eigenvalue weighted by Gasteiger charge is 2.19. The van der Waals surface area contributed by atoms with Crippen molar-refractivity contribution in [2.75, 3.05) is 19.6 Å². The predicted octanol–water partition coefficient (Wildman–Crippen LogP) is 2.74. The Morgan fingerprint density at radius 1 is 1.45 bits per heavy atom. The Hall–Kier alpha value is -1.30. The van der Waals surface area contributed by atoms with Crippen molar-refractivity contribution in [2.24, 2.45) is 0 Å². The molecule has 1 fully saturated rings. The molecule has 1 aromatic carbocycles. The van der Waals surface area contributed by atoms with E-state index in [9.17, 15) is 4.39 Å². The minimum Gasteiger partial charge on any atom is -0.314 e. The second-order valence-corrected chi connectivity index (χ2v) is 6.01. The van der Waals surface area contributed by atoms with E-state index < -0.39 is 0 Å². The van der Waals surface area contributed by atoms with Crippen molar-refractivity contribution in [1.29, 1.82) is 0 Å². The lowest BCUT2D eigenvalue weighted by Gasteiger charge is -2.33. The molecule has 0 unspecified atom stereocenters. The van der Waals surface area contributed by atoms with E-state index in [-0.39, 0.29) is 5.82 Å². The zero-order chi connectivity index (χ0) is 13.9. The van der Waals surface area contributed by atoms with Crippen molar-refractivity contribution >= 4 is 11.3 Å². The highest BCUT2D eigenvalue weighted by molar-refractivity contribution is 7.13. The topological polar surface area (TPSA) is 28.2 Å². The van der Waals surface area contributed by atoms with Gasteiger partial charge in [0.05, 0.1) is 5.69 Å². The Morgan fingerprint density at radius 2 is 2.30 bits per heavy atom. The van der Waals surface area contributed by atoms with Crippen LogP contribution in [0.3, 0.4) is 0 Å². The predicted molar refractivity (Wildman–Crippen MR) is 80.2 cm³/mol. The molecule has 106 valence electrons. The van der Waals surface area contributed by atoms with Gasteiger partial charge in [-0.15, -0.1) is 11.3 Å². The minimum absolute atomic E-state index is 0.205. The van der Waals surface area contributed by atoms with Crippen molar-refractivity contribution in [3.63, 3.8) is 0 Å². The number of rotatable bonds is 3. The van der Waals surface area contributed by atoms with Crippen LogP contribution >= 0.6 is 11.3 Å². The van der Waals surface area contributed by atoms with E-state index >= 15 is 0 Å². The first-order chi connectivity index (χ1) is 9.74. The van der Waals surface area contributed by atoms with Crippen molar-refractivity contribution in [1.82, 2.24) is 15.2 Å². The zero-order valence-corrected chi connectivity index (χ0v) is 12.3. The van der Waals surface area contributed by atoms with Gasteiger partial charge in [0.2, 0.25) is 0 Å². The van der Waals surface area contributed by atoms with Crippen molar-refractivity contribution in [3.8, 4) is 10.6 Å². The first-order valence-electron chi connectivity index (χ1n) is 6.88. The second kappa shape index (κ2) is 5.99. The minimum atomic E-state index is -0.205. The molecule has 3 nitrogen and oxygen atoms in total. The Morgan fingerprint density at radius 3 is 3.10 bits per heavy atom. The lowest BCUT2D eigenvalue weighted by Crippen LogP contribution is -2.49. The Bertz CT molecular complexity index is 584. The molecule has 1 aliphatic rings. The summed E-state index contributed by atoms with van der Waals surface area (Å²) < 4.78 is 13.8. The molecule has 0 amide bonds. The third kappa shape index (κ3) is 2.90. The number of benzene rings is 1. The van der Waals surface area contributed by atoms with Crippen LogP contribution in [-0.2, 0) is 6.54 Å². The van der Waals surface area contributed by atoms with E-state index in [1.165, 1.54) is 17.4 Å². The number of thiazole rings is 1. The number of piperazine rings is 1. The van der Waals surface area contributed by atoms with E-state index in [0.29, 0.717) is 11.6 Å². The molecule has 1 N–H and O–H groups in total. The van der Waals surface area contributed by atoms with Gasteiger partial charge < -0.3 is 5.32 Å². The van der Waals surface area contributed by atoms with E-state index in [4.69, 9.17) is 0 Å². The first-order valence-corrected chi connectivity index (χ1v) is 7.76. The van der Waals surface area contributed by atoms with E-state index in [0.717, 1.165) is 36.9 Å². The standard InChI is InChI=1S/C15H18FN3S/c1-11-8-17-6-7-19(11)9-12-10-20-15(18-12)13-4-2-3-5-14(13)16/h2-5,10-11,17H,6-9H2,1H3/t11-/m0/s1. The number of halogens is 1. The fourth-order valence-electron chi connectivity index (χ4n) is 2.46. The van der Waals surface area contributed by atoms with Gasteiger partial charge in [-0.25, -0.2) is 9.37 Å². The molecule has 0 bridgehead atoms. The summed E-state index contributed by atoms with van der Waals surface area (Å²) in [4.78, 5) is 7.00. The van der Waals surface area contributed by atoms with Crippen molar-refractivity contribution in [3.05, 3.63) is 41.2 Å². The third-order valence-electron chi connectivity index (χ3n) is 3.66. The number of aromatic nitrogens is 1. The highest BCUT2D eigenvalue weighted by Crippen LogP contribution is 2.26. The molecule has 0 aliphatic carbocycles. The molecule has 20 heavy (non-hydrogen) atoms. The molecule has 3 rings (SSSR count). The molecule has 1 aliphatic heterocycles. The average molecular weight is 291 g/mol. The van der Waals surface area contributed by atoms with Gasteiger partial charge in [0.1, 0.15) is 10.8 Å². The van der Waals surface area contributed by atoms with Gasteiger partial charge in [-0.1, -0.05) is 12.1 Å². The number of hydrogen-bond acceptors (Lipinski definition) is 4. The average Bonchev–Trinajstić information content (AvgIpc) is 2.90. The number of hydrogen-bond donors (Lipinski definition) is 1. The molecule has 0 spiro atoms. The van der Waals surface area contributed by atoms with Crippen LogP contribution in [0.15, 0.2) is 29.6 Å². The summed E-state index contributed by atoms with van der Waals surface area (Å²) in [5.41, 5.74) is 1.62. The Kier molecular flexibility index (Phi) is 4.10. The van der Waals surface area contributed by atoms with Crippen LogP contribution in [0.4, 0.5) is 4.39 Å². The molecule has 1 aromatic heterocycles. The maximum atomic E-state index is 13.8. The van der Waals surface area contributed by atoms with E-state index in [1.54, 1.807) is 12.1 Å². The summed E-state index contributed by atoms with van der Waals surface area (Å²) in [5.74, 6) is -0.205.